The SMILES string of the molecule is COc1cc(CNC2CC2)ccc1OCCCCCO. The molecule has 0 atom stereocenters. The minimum absolute atomic E-state index is 0.256. The first kappa shape index (κ1) is 15.1. The Kier molecular flexibility index (Phi) is 6.15. The van der Waals surface area contributed by atoms with Gasteiger partial charge in [0, 0.05) is 19.2 Å². The average Bonchev–Trinajstić information content (AvgIpc) is 3.29. The molecule has 2 rings (SSSR count). The van der Waals surface area contributed by atoms with E-state index in [1.54, 1.807) is 7.11 Å². The van der Waals surface area contributed by atoms with E-state index >= 15 is 0 Å². The highest BCUT2D eigenvalue weighted by atomic mass is 16.5. The maximum atomic E-state index is 8.72. The van der Waals surface area contributed by atoms with Gasteiger partial charge in [0.15, 0.2) is 11.5 Å². The molecule has 1 saturated carbocycles. The van der Waals surface area contributed by atoms with Gasteiger partial charge >= 0.3 is 0 Å². The molecule has 0 amide bonds. The van der Waals surface area contributed by atoms with Gasteiger partial charge in [0.05, 0.1) is 13.7 Å². The summed E-state index contributed by atoms with van der Waals surface area (Å²) in [6, 6.07) is 6.82. The highest BCUT2D eigenvalue weighted by Crippen LogP contribution is 2.29. The van der Waals surface area contributed by atoms with Crippen molar-refractivity contribution in [3.63, 3.8) is 0 Å². The summed E-state index contributed by atoms with van der Waals surface area (Å²) in [5, 5.41) is 12.2. The minimum atomic E-state index is 0.256. The molecular weight excluding hydrogens is 254 g/mol. The Hall–Kier alpha value is -1.26. The standard InChI is InChI=1S/C16H25NO3/c1-19-16-11-13(12-17-14-6-7-14)5-8-15(16)20-10-4-2-3-9-18/h5,8,11,14,17-18H,2-4,6-7,9-10,12H2,1H3. The molecule has 1 aliphatic rings. The largest absolute Gasteiger partial charge is 0.493 e. The van der Waals surface area contributed by atoms with Crippen molar-refractivity contribution < 1.29 is 14.6 Å². The van der Waals surface area contributed by atoms with Crippen LogP contribution in [0.5, 0.6) is 11.5 Å². The number of ether oxygens (including phenoxy) is 2. The fraction of sp³-hybridized carbons (Fsp3) is 0.625. The second-order valence-corrected chi connectivity index (χ2v) is 5.27. The highest BCUT2D eigenvalue weighted by Gasteiger charge is 2.20. The van der Waals surface area contributed by atoms with Gasteiger partial charge in [-0.3, -0.25) is 0 Å². The van der Waals surface area contributed by atoms with Crippen LogP contribution in [0, 0.1) is 0 Å². The molecular formula is C16H25NO3. The van der Waals surface area contributed by atoms with E-state index in [4.69, 9.17) is 14.6 Å². The van der Waals surface area contributed by atoms with Crippen LogP contribution < -0.4 is 14.8 Å². The maximum absolute atomic E-state index is 8.72. The molecule has 0 bridgehead atoms. The Morgan fingerprint density at radius 1 is 1.20 bits per heavy atom. The lowest BCUT2D eigenvalue weighted by atomic mass is 10.2. The molecule has 0 heterocycles. The molecule has 2 N–H and O–H groups in total. The summed E-state index contributed by atoms with van der Waals surface area (Å²) in [5.41, 5.74) is 1.22. The zero-order valence-electron chi connectivity index (χ0n) is 12.2. The summed E-state index contributed by atoms with van der Waals surface area (Å²) in [7, 11) is 1.67. The summed E-state index contributed by atoms with van der Waals surface area (Å²) in [5.74, 6) is 1.59. The van der Waals surface area contributed by atoms with Gasteiger partial charge in [0.25, 0.3) is 0 Å². The number of nitrogens with one attached hydrogen (secondary N) is 1. The van der Waals surface area contributed by atoms with E-state index in [1.165, 1.54) is 18.4 Å². The van der Waals surface area contributed by atoms with Crippen LogP contribution in [0.1, 0.15) is 37.7 Å². The van der Waals surface area contributed by atoms with Crippen molar-refractivity contribution in [1.82, 2.24) is 5.32 Å². The number of hydrogen-bond donors (Lipinski definition) is 2. The average molecular weight is 279 g/mol. The molecule has 20 heavy (non-hydrogen) atoms. The predicted molar refractivity (Wildman–Crippen MR) is 79.3 cm³/mol. The molecule has 0 spiro atoms. The lowest BCUT2D eigenvalue weighted by Crippen LogP contribution is -2.15. The summed E-state index contributed by atoms with van der Waals surface area (Å²) in [4.78, 5) is 0. The quantitative estimate of drug-likeness (QED) is 0.646. The molecule has 1 fully saturated rings. The monoisotopic (exact) mass is 279 g/mol. The van der Waals surface area contributed by atoms with E-state index in [2.05, 4.69) is 11.4 Å². The third kappa shape index (κ3) is 5.02. The van der Waals surface area contributed by atoms with Crippen molar-refractivity contribution in [2.24, 2.45) is 0 Å². The van der Waals surface area contributed by atoms with Crippen molar-refractivity contribution in [3.05, 3.63) is 23.8 Å². The van der Waals surface area contributed by atoms with Gasteiger partial charge in [-0.05, 0) is 49.8 Å². The number of hydrogen-bond acceptors (Lipinski definition) is 4. The van der Waals surface area contributed by atoms with Gasteiger partial charge < -0.3 is 19.9 Å². The number of aliphatic hydroxyl groups is 1. The molecule has 1 aromatic carbocycles. The Balaban J connectivity index is 1.81. The van der Waals surface area contributed by atoms with Crippen LogP contribution in [0.2, 0.25) is 0 Å². The molecule has 4 heteroatoms. The summed E-state index contributed by atoms with van der Waals surface area (Å²) >= 11 is 0. The second kappa shape index (κ2) is 8.12. The van der Waals surface area contributed by atoms with Crippen LogP contribution in [0.15, 0.2) is 18.2 Å². The molecule has 4 nitrogen and oxygen atoms in total. The van der Waals surface area contributed by atoms with E-state index in [9.17, 15) is 0 Å². The summed E-state index contributed by atoms with van der Waals surface area (Å²) in [6.07, 6.45) is 5.38. The highest BCUT2D eigenvalue weighted by molar-refractivity contribution is 5.43. The van der Waals surface area contributed by atoms with Crippen LogP contribution in [0.4, 0.5) is 0 Å². The van der Waals surface area contributed by atoms with Gasteiger partial charge in [0.2, 0.25) is 0 Å². The van der Waals surface area contributed by atoms with E-state index in [-0.39, 0.29) is 6.61 Å². The van der Waals surface area contributed by atoms with Gasteiger partial charge in [-0.25, -0.2) is 0 Å². The van der Waals surface area contributed by atoms with Crippen molar-refractivity contribution in [2.75, 3.05) is 20.3 Å². The number of unbranched alkanes of at least 4 members (excludes halogenated alkanes) is 2. The van der Waals surface area contributed by atoms with E-state index in [1.807, 2.05) is 12.1 Å². The summed E-state index contributed by atoms with van der Waals surface area (Å²) < 4.78 is 11.1. The molecule has 0 radical (unpaired) electrons. The lowest BCUT2D eigenvalue weighted by molar-refractivity contribution is 0.260. The van der Waals surface area contributed by atoms with Crippen LogP contribution >= 0.6 is 0 Å². The lowest BCUT2D eigenvalue weighted by Gasteiger charge is -2.12. The first-order valence-electron chi connectivity index (χ1n) is 7.47. The Labute approximate surface area is 121 Å². The zero-order valence-corrected chi connectivity index (χ0v) is 12.2. The fourth-order valence-corrected chi connectivity index (χ4v) is 2.06. The van der Waals surface area contributed by atoms with E-state index in [0.29, 0.717) is 12.6 Å². The van der Waals surface area contributed by atoms with Crippen LogP contribution in [0.3, 0.4) is 0 Å². The number of aliphatic hydroxyl groups excluding tert-OH is 1. The third-order valence-electron chi connectivity index (χ3n) is 3.46. The molecule has 0 unspecified atom stereocenters. The van der Waals surface area contributed by atoms with Crippen LogP contribution in [0.25, 0.3) is 0 Å². The zero-order chi connectivity index (χ0) is 14.2. The van der Waals surface area contributed by atoms with E-state index in [0.717, 1.165) is 37.3 Å². The Morgan fingerprint density at radius 3 is 2.75 bits per heavy atom. The van der Waals surface area contributed by atoms with Gasteiger partial charge in [-0.1, -0.05) is 6.07 Å². The van der Waals surface area contributed by atoms with Crippen molar-refractivity contribution in [2.45, 2.75) is 44.7 Å². The molecule has 112 valence electrons. The molecule has 1 aromatic rings. The second-order valence-electron chi connectivity index (χ2n) is 5.27. The number of benzene rings is 1. The predicted octanol–water partition coefficient (Wildman–Crippen LogP) is 2.49. The molecule has 0 saturated heterocycles. The van der Waals surface area contributed by atoms with Gasteiger partial charge in [0.1, 0.15) is 0 Å². The van der Waals surface area contributed by atoms with Crippen LogP contribution in [-0.4, -0.2) is 31.5 Å². The molecule has 0 aromatic heterocycles. The van der Waals surface area contributed by atoms with Crippen molar-refractivity contribution in [3.8, 4) is 11.5 Å². The third-order valence-corrected chi connectivity index (χ3v) is 3.46. The smallest absolute Gasteiger partial charge is 0.161 e. The van der Waals surface area contributed by atoms with E-state index < -0.39 is 0 Å². The first-order chi connectivity index (χ1) is 9.83. The van der Waals surface area contributed by atoms with Crippen molar-refractivity contribution >= 4 is 0 Å². The number of rotatable bonds is 10. The topological polar surface area (TPSA) is 50.7 Å². The first-order valence-corrected chi connectivity index (χ1v) is 7.47. The van der Waals surface area contributed by atoms with Gasteiger partial charge in [-0.15, -0.1) is 0 Å². The van der Waals surface area contributed by atoms with Gasteiger partial charge in [-0.2, -0.15) is 0 Å². The fourth-order valence-electron chi connectivity index (χ4n) is 2.06. The normalized spacial score (nSPS) is 14.3. The molecule has 1 aliphatic carbocycles. The summed E-state index contributed by atoms with van der Waals surface area (Å²) in [6.45, 7) is 1.81. The Morgan fingerprint density at radius 2 is 2.05 bits per heavy atom. The number of methoxy groups -OCH3 is 1. The minimum Gasteiger partial charge on any atom is -0.493 e. The van der Waals surface area contributed by atoms with Crippen LogP contribution in [-0.2, 0) is 6.54 Å². The maximum Gasteiger partial charge on any atom is 0.161 e. The van der Waals surface area contributed by atoms with Crippen molar-refractivity contribution in [1.29, 1.82) is 0 Å². The Bertz CT molecular complexity index is 405. The molecule has 0 aliphatic heterocycles.